The van der Waals surface area contributed by atoms with E-state index >= 15 is 0 Å². The summed E-state index contributed by atoms with van der Waals surface area (Å²) in [4.78, 5) is 0. The first-order valence-electron chi connectivity index (χ1n) is 5.50. The molecule has 0 aromatic heterocycles. The maximum absolute atomic E-state index is 9.89. The third-order valence-corrected chi connectivity index (χ3v) is 3.01. The van der Waals surface area contributed by atoms with Crippen LogP contribution < -0.4 is 0 Å². The number of benzene rings is 1. The Labute approximate surface area is 85.8 Å². The Morgan fingerprint density at radius 3 is 2.50 bits per heavy atom. The predicted molar refractivity (Wildman–Crippen MR) is 58.1 cm³/mol. The topological polar surface area (TPSA) is 20.2 Å². The van der Waals surface area contributed by atoms with Crippen molar-refractivity contribution in [1.29, 1.82) is 0 Å². The molecular weight excluding hydrogens is 172 g/mol. The summed E-state index contributed by atoms with van der Waals surface area (Å²) in [6.07, 6.45) is 4.61. The first-order chi connectivity index (χ1) is 6.75. The van der Waals surface area contributed by atoms with Gasteiger partial charge in [0.2, 0.25) is 0 Å². The van der Waals surface area contributed by atoms with E-state index in [0.717, 1.165) is 17.9 Å². The van der Waals surface area contributed by atoms with Crippen LogP contribution in [0.4, 0.5) is 0 Å². The van der Waals surface area contributed by atoms with Crippen LogP contribution in [0.3, 0.4) is 0 Å². The monoisotopic (exact) mass is 190 g/mol. The molecule has 0 bridgehead atoms. The van der Waals surface area contributed by atoms with Crippen molar-refractivity contribution in [2.45, 2.75) is 38.7 Å². The molecule has 0 saturated heterocycles. The van der Waals surface area contributed by atoms with Gasteiger partial charge in [0.25, 0.3) is 0 Å². The highest BCUT2D eigenvalue weighted by molar-refractivity contribution is 5.22. The van der Waals surface area contributed by atoms with Gasteiger partial charge in [0.1, 0.15) is 0 Å². The second-order valence-corrected chi connectivity index (χ2v) is 4.45. The maximum atomic E-state index is 9.89. The molecular formula is C13H18O. The molecule has 1 aliphatic rings. The quantitative estimate of drug-likeness (QED) is 0.773. The number of aliphatic hydroxyl groups excluding tert-OH is 1. The first-order valence-corrected chi connectivity index (χ1v) is 5.50. The largest absolute Gasteiger partial charge is 0.388 e. The minimum absolute atomic E-state index is 0.254. The summed E-state index contributed by atoms with van der Waals surface area (Å²) in [6.45, 7) is 2.07. The van der Waals surface area contributed by atoms with Gasteiger partial charge >= 0.3 is 0 Å². The highest BCUT2D eigenvalue weighted by atomic mass is 16.3. The Morgan fingerprint density at radius 1 is 1.29 bits per heavy atom. The highest BCUT2D eigenvalue weighted by Crippen LogP contribution is 2.35. The van der Waals surface area contributed by atoms with Crippen molar-refractivity contribution < 1.29 is 5.11 Å². The number of rotatable bonds is 4. The molecule has 1 aliphatic carbocycles. The number of hydrogen-bond donors (Lipinski definition) is 1. The van der Waals surface area contributed by atoms with Gasteiger partial charge in [0, 0.05) is 0 Å². The zero-order valence-electron chi connectivity index (χ0n) is 8.74. The van der Waals surface area contributed by atoms with Gasteiger partial charge in [-0.1, -0.05) is 42.7 Å². The van der Waals surface area contributed by atoms with Crippen LogP contribution in [0.25, 0.3) is 0 Å². The van der Waals surface area contributed by atoms with Gasteiger partial charge in [-0.15, -0.1) is 0 Å². The molecule has 1 heteroatoms. The van der Waals surface area contributed by atoms with Crippen LogP contribution in [0.1, 0.15) is 42.9 Å². The molecule has 1 atom stereocenters. The third kappa shape index (κ3) is 2.58. The molecule has 1 saturated carbocycles. The van der Waals surface area contributed by atoms with Crippen LogP contribution in [-0.4, -0.2) is 5.11 Å². The van der Waals surface area contributed by atoms with Crippen molar-refractivity contribution >= 4 is 0 Å². The Morgan fingerprint density at radius 2 is 1.93 bits per heavy atom. The smallest absolute Gasteiger partial charge is 0.0790 e. The van der Waals surface area contributed by atoms with Crippen LogP contribution in [0, 0.1) is 12.8 Å². The molecule has 0 spiro atoms. The zero-order chi connectivity index (χ0) is 9.97. The molecule has 0 radical (unpaired) electrons. The fraction of sp³-hybridized carbons (Fsp3) is 0.538. The SMILES string of the molecule is Cc1ccc(C(O)CCC2CC2)cc1. The Hall–Kier alpha value is -0.820. The molecule has 1 aromatic carbocycles. The lowest BCUT2D eigenvalue weighted by Gasteiger charge is -2.10. The van der Waals surface area contributed by atoms with Crippen LogP contribution in [0.5, 0.6) is 0 Å². The zero-order valence-corrected chi connectivity index (χ0v) is 8.74. The number of hydrogen-bond acceptors (Lipinski definition) is 1. The van der Waals surface area contributed by atoms with Gasteiger partial charge in [0.15, 0.2) is 0 Å². The van der Waals surface area contributed by atoms with Crippen molar-refractivity contribution in [3.05, 3.63) is 35.4 Å². The van der Waals surface area contributed by atoms with E-state index < -0.39 is 0 Å². The van der Waals surface area contributed by atoms with Crippen LogP contribution in [0.2, 0.25) is 0 Å². The molecule has 0 aliphatic heterocycles. The average molecular weight is 190 g/mol. The molecule has 14 heavy (non-hydrogen) atoms. The Kier molecular flexibility index (Phi) is 2.87. The van der Waals surface area contributed by atoms with Gasteiger partial charge in [-0.05, 0) is 31.2 Å². The normalized spacial score (nSPS) is 18.1. The molecule has 1 unspecified atom stereocenters. The summed E-state index contributed by atoms with van der Waals surface area (Å²) in [5, 5.41) is 9.89. The van der Waals surface area contributed by atoms with E-state index in [1.165, 1.54) is 24.8 Å². The fourth-order valence-electron chi connectivity index (χ4n) is 1.76. The predicted octanol–water partition coefficient (Wildman–Crippen LogP) is 3.22. The summed E-state index contributed by atoms with van der Waals surface area (Å²) in [6, 6.07) is 8.20. The molecule has 1 fully saturated rings. The second kappa shape index (κ2) is 4.14. The van der Waals surface area contributed by atoms with Crippen LogP contribution >= 0.6 is 0 Å². The van der Waals surface area contributed by atoms with E-state index in [2.05, 4.69) is 19.1 Å². The van der Waals surface area contributed by atoms with Crippen LogP contribution in [-0.2, 0) is 0 Å². The molecule has 1 N–H and O–H groups in total. The number of aryl methyl sites for hydroxylation is 1. The van der Waals surface area contributed by atoms with Crippen molar-refractivity contribution in [2.24, 2.45) is 5.92 Å². The van der Waals surface area contributed by atoms with Crippen molar-refractivity contribution in [3.63, 3.8) is 0 Å². The van der Waals surface area contributed by atoms with Crippen molar-refractivity contribution in [2.75, 3.05) is 0 Å². The Bertz CT molecular complexity index is 285. The summed E-state index contributed by atoms with van der Waals surface area (Å²) in [5.41, 5.74) is 2.32. The lowest BCUT2D eigenvalue weighted by molar-refractivity contribution is 0.162. The van der Waals surface area contributed by atoms with E-state index in [1.54, 1.807) is 0 Å². The fourth-order valence-corrected chi connectivity index (χ4v) is 1.76. The van der Waals surface area contributed by atoms with Gasteiger partial charge in [-0.25, -0.2) is 0 Å². The summed E-state index contributed by atoms with van der Waals surface area (Å²) >= 11 is 0. The molecule has 1 nitrogen and oxygen atoms in total. The van der Waals surface area contributed by atoms with Crippen molar-refractivity contribution in [3.8, 4) is 0 Å². The minimum atomic E-state index is -0.254. The van der Waals surface area contributed by atoms with Gasteiger partial charge < -0.3 is 5.11 Å². The number of aliphatic hydroxyl groups is 1. The highest BCUT2D eigenvalue weighted by Gasteiger charge is 2.22. The van der Waals surface area contributed by atoms with E-state index in [9.17, 15) is 5.11 Å². The Balaban J connectivity index is 1.88. The summed E-state index contributed by atoms with van der Waals surface area (Å²) < 4.78 is 0. The second-order valence-electron chi connectivity index (χ2n) is 4.45. The van der Waals surface area contributed by atoms with Crippen LogP contribution in [0.15, 0.2) is 24.3 Å². The van der Waals surface area contributed by atoms with Gasteiger partial charge in [0.05, 0.1) is 6.10 Å². The van der Waals surface area contributed by atoms with Crippen molar-refractivity contribution in [1.82, 2.24) is 0 Å². The summed E-state index contributed by atoms with van der Waals surface area (Å²) in [5.74, 6) is 0.912. The summed E-state index contributed by atoms with van der Waals surface area (Å²) in [7, 11) is 0. The molecule has 76 valence electrons. The first kappa shape index (κ1) is 9.72. The molecule has 1 aromatic rings. The lowest BCUT2D eigenvalue weighted by Crippen LogP contribution is -1.97. The van der Waals surface area contributed by atoms with E-state index in [0.29, 0.717) is 0 Å². The average Bonchev–Trinajstić information content (AvgIpc) is 2.99. The third-order valence-electron chi connectivity index (χ3n) is 3.01. The van der Waals surface area contributed by atoms with E-state index in [-0.39, 0.29) is 6.10 Å². The standard InChI is InChI=1S/C13H18O/c1-10-2-7-12(8-3-10)13(14)9-6-11-4-5-11/h2-3,7-8,11,13-14H,4-6,9H2,1H3. The molecule has 0 amide bonds. The molecule has 0 heterocycles. The lowest BCUT2D eigenvalue weighted by atomic mass is 10.0. The molecule has 2 rings (SSSR count). The maximum Gasteiger partial charge on any atom is 0.0790 e. The van der Waals surface area contributed by atoms with Gasteiger partial charge in [-0.2, -0.15) is 0 Å². The van der Waals surface area contributed by atoms with E-state index in [1.807, 2.05) is 12.1 Å². The van der Waals surface area contributed by atoms with E-state index in [4.69, 9.17) is 0 Å². The minimum Gasteiger partial charge on any atom is -0.388 e. The van der Waals surface area contributed by atoms with Gasteiger partial charge in [-0.3, -0.25) is 0 Å².